The molecule has 6 heteroatoms. The zero-order valence-corrected chi connectivity index (χ0v) is 15.5. The molecular weight excluding hydrogens is 371 g/mol. The highest BCUT2D eigenvalue weighted by molar-refractivity contribution is 6.03. The second kappa shape index (κ2) is 8.14. The Kier molecular flexibility index (Phi) is 5.24. The Morgan fingerprint density at radius 3 is 2.31 bits per heavy atom. The Bertz CT molecular complexity index is 1020. The average molecular weight is 390 g/mol. The number of hydrogen-bond acceptors (Lipinski definition) is 3. The highest BCUT2D eigenvalue weighted by Crippen LogP contribution is 2.28. The van der Waals surface area contributed by atoms with Crippen LogP contribution in [0.4, 0.5) is 15.8 Å². The molecule has 1 atom stereocenters. The number of rotatable bonds is 5. The smallest absolute Gasteiger partial charge is 0.229 e. The van der Waals surface area contributed by atoms with Crippen molar-refractivity contribution in [3.05, 3.63) is 84.7 Å². The molecule has 0 aromatic heterocycles. The van der Waals surface area contributed by atoms with Crippen molar-refractivity contribution < 1.29 is 18.7 Å². The number of amides is 2. The van der Waals surface area contributed by atoms with E-state index in [-0.39, 0.29) is 30.5 Å². The fourth-order valence-electron chi connectivity index (χ4n) is 3.26. The van der Waals surface area contributed by atoms with Gasteiger partial charge in [-0.05, 0) is 48.5 Å². The molecule has 0 bridgehead atoms. The van der Waals surface area contributed by atoms with Crippen LogP contribution < -0.4 is 15.0 Å². The second-order valence-corrected chi connectivity index (χ2v) is 6.79. The number of hydrogen-bond donors (Lipinski definition) is 1. The van der Waals surface area contributed by atoms with Gasteiger partial charge in [-0.2, -0.15) is 0 Å². The Hall–Kier alpha value is -3.67. The van der Waals surface area contributed by atoms with Crippen molar-refractivity contribution in [2.75, 3.05) is 16.8 Å². The fourth-order valence-corrected chi connectivity index (χ4v) is 3.26. The van der Waals surface area contributed by atoms with Gasteiger partial charge in [0.2, 0.25) is 11.8 Å². The molecule has 4 rings (SSSR count). The first kappa shape index (κ1) is 18.7. The van der Waals surface area contributed by atoms with E-state index in [0.717, 1.165) is 5.75 Å². The molecule has 1 unspecified atom stereocenters. The maximum absolute atomic E-state index is 14.0. The van der Waals surface area contributed by atoms with Gasteiger partial charge in [0, 0.05) is 18.7 Å². The van der Waals surface area contributed by atoms with Gasteiger partial charge in [-0.3, -0.25) is 9.59 Å². The third-order valence-electron chi connectivity index (χ3n) is 4.74. The largest absolute Gasteiger partial charge is 0.457 e. The maximum atomic E-state index is 14.0. The molecule has 146 valence electrons. The normalized spacial score (nSPS) is 16.0. The van der Waals surface area contributed by atoms with Gasteiger partial charge in [-0.25, -0.2) is 4.39 Å². The first-order valence-corrected chi connectivity index (χ1v) is 9.29. The number of nitrogens with one attached hydrogen (secondary N) is 1. The lowest BCUT2D eigenvalue weighted by molar-refractivity contribution is -0.122. The summed E-state index contributed by atoms with van der Waals surface area (Å²) in [5, 5.41) is 2.81. The number of anilines is 2. The summed E-state index contributed by atoms with van der Waals surface area (Å²) in [5.74, 6) is -0.174. The van der Waals surface area contributed by atoms with Crippen LogP contribution in [-0.4, -0.2) is 18.4 Å². The highest BCUT2D eigenvalue weighted by atomic mass is 19.1. The standard InChI is InChI=1S/C23H19FN2O3/c24-20-8-4-5-9-21(20)26-15-16(14-22(26)27)23(28)25-17-10-12-19(13-11-17)29-18-6-2-1-3-7-18/h1-13,16H,14-15H2,(H,25,28). The molecule has 1 fully saturated rings. The highest BCUT2D eigenvalue weighted by Gasteiger charge is 2.36. The summed E-state index contributed by atoms with van der Waals surface area (Å²) in [4.78, 5) is 26.2. The molecule has 0 spiro atoms. The number of halogens is 1. The van der Waals surface area contributed by atoms with Crippen LogP contribution >= 0.6 is 0 Å². The van der Waals surface area contributed by atoms with Crippen LogP contribution in [0.2, 0.25) is 0 Å². The van der Waals surface area contributed by atoms with Gasteiger partial charge in [0.05, 0.1) is 11.6 Å². The fraction of sp³-hybridized carbons (Fsp3) is 0.130. The first-order valence-electron chi connectivity index (χ1n) is 9.29. The molecule has 0 aliphatic carbocycles. The minimum absolute atomic E-state index is 0.0510. The molecule has 3 aromatic rings. The molecule has 3 aromatic carbocycles. The van der Waals surface area contributed by atoms with Crippen molar-refractivity contribution in [1.82, 2.24) is 0 Å². The third kappa shape index (κ3) is 4.27. The van der Waals surface area contributed by atoms with Crippen LogP contribution in [0.25, 0.3) is 0 Å². The van der Waals surface area contributed by atoms with Crippen molar-refractivity contribution >= 4 is 23.2 Å². The van der Waals surface area contributed by atoms with Crippen molar-refractivity contribution in [3.8, 4) is 11.5 Å². The summed E-state index contributed by atoms with van der Waals surface area (Å²) in [6, 6.07) is 22.5. The van der Waals surface area contributed by atoms with E-state index in [1.165, 1.54) is 11.0 Å². The molecule has 1 N–H and O–H groups in total. The van der Waals surface area contributed by atoms with Crippen molar-refractivity contribution in [1.29, 1.82) is 0 Å². The summed E-state index contributed by atoms with van der Waals surface area (Å²) in [6.45, 7) is 0.154. The van der Waals surface area contributed by atoms with Crippen molar-refractivity contribution in [2.24, 2.45) is 5.92 Å². The minimum Gasteiger partial charge on any atom is -0.457 e. The number of carbonyl (C=O) groups excluding carboxylic acids is 2. The number of nitrogens with zero attached hydrogens (tertiary/aromatic N) is 1. The molecular formula is C23H19FN2O3. The van der Waals surface area contributed by atoms with Gasteiger partial charge in [0.25, 0.3) is 0 Å². The summed E-state index contributed by atoms with van der Waals surface area (Å²) < 4.78 is 19.7. The lowest BCUT2D eigenvalue weighted by Crippen LogP contribution is -2.28. The zero-order chi connectivity index (χ0) is 20.2. The van der Waals surface area contributed by atoms with Crippen LogP contribution in [-0.2, 0) is 9.59 Å². The van der Waals surface area contributed by atoms with Gasteiger partial charge in [-0.15, -0.1) is 0 Å². The van der Waals surface area contributed by atoms with Crippen molar-refractivity contribution in [3.63, 3.8) is 0 Å². The molecule has 1 aliphatic heterocycles. The molecule has 1 aliphatic rings. The monoisotopic (exact) mass is 390 g/mol. The molecule has 5 nitrogen and oxygen atoms in total. The van der Waals surface area contributed by atoms with Crippen LogP contribution in [0.15, 0.2) is 78.9 Å². The van der Waals surface area contributed by atoms with Gasteiger partial charge in [-0.1, -0.05) is 30.3 Å². The molecule has 1 saturated heterocycles. The van der Waals surface area contributed by atoms with E-state index < -0.39 is 11.7 Å². The number of ether oxygens (including phenoxy) is 1. The molecule has 29 heavy (non-hydrogen) atoms. The van der Waals surface area contributed by atoms with Crippen molar-refractivity contribution in [2.45, 2.75) is 6.42 Å². The van der Waals surface area contributed by atoms with E-state index in [9.17, 15) is 14.0 Å². The van der Waals surface area contributed by atoms with E-state index in [1.807, 2.05) is 30.3 Å². The zero-order valence-electron chi connectivity index (χ0n) is 15.5. The summed E-state index contributed by atoms with van der Waals surface area (Å²) in [7, 11) is 0. The van der Waals surface area contributed by atoms with Crippen LogP contribution in [0.1, 0.15) is 6.42 Å². The molecule has 0 saturated carbocycles. The van der Waals surface area contributed by atoms with E-state index in [0.29, 0.717) is 11.4 Å². The predicted octanol–water partition coefficient (Wildman–Crippen LogP) is 4.61. The topological polar surface area (TPSA) is 58.6 Å². The van der Waals surface area contributed by atoms with Crippen LogP contribution in [0.3, 0.4) is 0 Å². The molecule has 2 amide bonds. The van der Waals surface area contributed by atoms with Gasteiger partial charge >= 0.3 is 0 Å². The SMILES string of the molecule is O=C(Nc1ccc(Oc2ccccc2)cc1)C1CC(=O)N(c2ccccc2F)C1. The first-order chi connectivity index (χ1) is 14.1. The third-order valence-corrected chi connectivity index (χ3v) is 4.74. The Labute approximate surface area is 167 Å². The van der Waals surface area contributed by atoms with Gasteiger partial charge in [0.1, 0.15) is 17.3 Å². The number of carbonyl (C=O) groups is 2. The average Bonchev–Trinajstić information content (AvgIpc) is 3.12. The Morgan fingerprint density at radius 1 is 0.931 bits per heavy atom. The number of benzene rings is 3. The van der Waals surface area contributed by atoms with Crippen LogP contribution in [0.5, 0.6) is 11.5 Å². The van der Waals surface area contributed by atoms with Crippen LogP contribution in [0, 0.1) is 11.7 Å². The Morgan fingerprint density at radius 2 is 1.59 bits per heavy atom. The lowest BCUT2D eigenvalue weighted by Gasteiger charge is -2.17. The maximum Gasteiger partial charge on any atom is 0.229 e. The lowest BCUT2D eigenvalue weighted by atomic mass is 10.1. The second-order valence-electron chi connectivity index (χ2n) is 6.79. The van der Waals surface area contributed by atoms with E-state index in [1.54, 1.807) is 42.5 Å². The van der Waals surface area contributed by atoms with E-state index in [4.69, 9.17) is 4.74 Å². The summed E-state index contributed by atoms with van der Waals surface area (Å²) in [6.07, 6.45) is 0.0510. The molecule has 1 heterocycles. The number of para-hydroxylation sites is 2. The van der Waals surface area contributed by atoms with Gasteiger partial charge < -0.3 is 15.0 Å². The minimum atomic E-state index is -0.539. The van der Waals surface area contributed by atoms with Gasteiger partial charge in [0.15, 0.2) is 0 Å². The van der Waals surface area contributed by atoms with E-state index in [2.05, 4.69) is 5.32 Å². The van der Waals surface area contributed by atoms with E-state index >= 15 is 0 Å². The quantitative estimate of drug-likeness (QED) is 0.692. The summed E-state index contributed by atoms with van der Waals surface area (Å²) in [5.41, 5.74) is 0.808. The molecule has 0 radical (unpaired) electrons. The summed E-state index contributed by atoms with van der Waals surface area (Å²) >= 11 is 0. The predicted molar refractivity (Wildman–Crippen MR) is 108 cm³/mol. The Balaban J connectivity index is 1.38.